The third kappa shape index (κ3) is 3.62. The van der Waals surface area contributed by atoms with Crippen molar-refractivity contribution in [3.8, 4) is 0 Å². The molecule has 2 nitrogen and oxygen atoms in total. The maximum Gasteiger partial charge on any atom is 0.138 e. The third-order valence-corrected chi connectivity index (χ3v) is 4.05. The van der Waals surface area contributed by atoms with Gasteiger partial charge in [-0.3, -0.25) is 0 Å². The molecule has 0 aliphatic carbocycles. The Morgan fingerprint density at radius 3 is 2.45 bits per heavy atom. The molecule has 0 fully saturated rings. The summed E-state index contributed by atoms with van der Waals surface area (Å²) in [5.41, 5.74) is 9.54. The van der Waals surface area contributed by atoms with Gasteiger partial charge in [-0.05, 0) is 45.7 Å². The number of benzene rings is 2. The van der Waals surface area contributed by atoms with Gasteiger partial charge < -0.3 is 11.1 Å². The van der Waals surface area contributed by atoms with Crippen molar-refractivity contribution in [3.63, 3.8) is 0 Å². The van der Waals surface area contributed by atoms with Crippen LogP contribution < -0.4 is 11.1 Å². The van der Waals surface area contributed by atoms with Crippen LogP contribution in [-0.4, -0.2) is 0 Å². The number of hydrogen-bond donors (Lipinski definition) is 2. The minimum atomic E-state index is -0.252. The highest BCUT2D eigenvalue weighted by Crippen LogP contribution is 2.24. The van der Waals surface area contributed by atoms with Crippen LogP contribution in [0.1, 0.15) is 30.9 Å². The molecule has 3 N–H and O–H groups in total. The van der Waals surface area contributed by atoms with Crippen molar-refractivity contribution in [2.75, 3.05) is 11.1 Å². The van der Waals surface area contributed by atoms with Gasteiger partial charge in [0.15, 0.2) is 0 Å². The second kappa shape index (κ2) is 6.43. The third-order valence-electron chi connectivity index (χ3n) is 3.22. The number of nitrogens with two attached hydrogens (primary N) is 1. The topological polar surface area (TPSA) is 38.0 Å². The summed E-state index contributed by atoms with van der Waals surface area (Å²) in [7, 11) is 0. The van der Waals surface area contributed by atoms with E-state index in [0.29, 0.717) is 27.4 Å². The largest absolute Gasteiger partial charge is 0.397 e. The normalized spacial score (nSPS) is 10.8. The van der Waals surface area contributed by atoms with Crippen LogP contribution in [0, 0.1) is 9.39 Å². The number of nitrogen functional groups attached to an aromatic ring is 1. The van der Waals surface area contributed by atoms with E-state index in [9.17, 15) is 4.39 Å². The lowest BCUT2D eigenvalue weighted by Crippen LogP contribution is -2.04. The SMILES string of the molecule is CC(C)c1ccc(CNc2cc(F)c(I)cc2N)cc1. The van der Waals surface area contributed by atoms with Crippen molar-refractivity contribution >= 4 is 34.0 Å². The Morgan fingerprint density at radius 2 is 1.85 bits per heavy atom. The Kier molecular flexibility index (Phi) is 4.86. The van der Waals surface area contributed by atoms with Gasteiger partial charge in [0.2, 0.25) is 0 Å². The van der Waals surface area contributed by atoms with Crippen molar-refractivity contribution in [1.82, 2.24) is 0 Å². The van der Waals surface area contributed by atoms with Gasteiger partial charge in [-0.2, -0.15) is 0 Å². The average Bonchev–Trinajstić information content (AvgIpc) is 2.42. The highest BCUT2D eigenvalue weighted by atomic mass is 127. The molecule has 0 saturated carbocycles. The Morgan fingerprint density at radius 1 is 1.20 bits per heavy atom. The molecule has 0 aliphatic heterocycles. The number of anilines is 2. The molecule has 0 saturated heterocycles. The summed E-state index contributed by atoms with van der Waals surface area (Å²) in [5, 5.41) is 3.18. The summed E-state index contributed by atoms with van der Waals surface area (Å²) in [4.78, 5) is 0. The molecule has 4 heteroatoms. The van der Waals surface area contributed by atoms with Gasteiger partial charge in [0, 0.05) is 12.6 Å². The first-order valence-electron chi connectivity index (χ1n) is 6.54. The van der Waals surface area contributed by atoms with Crippen LogP contribution in [0.3, 0.4) is 0 Å². The summed E-state index contributed by atoms with van der Waals surface area (Å²) in [6.07, 6.45) is 0. The van der Waals surface area contributed by atoms with Crippen molar-refractivity contribution in [1.29, 1.82) is 0 Å². The molecular formula is C16H18FIN2. The van der Waals surface area contributed by atoms with Crippen LogP contribution in [-0.2, 0) is 6.54 Å². The zero-order chi connectivity index (χ0) is 14.7. The average molecular weight is 384 g/mol. The van der Waals surface area contributed by atoms with Crippen molar-refractivity contribution in [2.24, 2.45) is 0 Å². The van der Waals surface area contributed by atoms with E-state index >= 15 is 0 Å². The predicted molar refractivity (Wildman–Crippen MR) is 91.4 cm³/mol. The molecule has 0 amide bonds. The smallest absolute Gasteiger partial charge is 0.138 e. The number of hydrogen-bond acceptors (Lipinski definition) is 2. The zero-order valence-corrected chi connectivity index (χ0v) is 13.7. The van der Waals surface area contributed by atoms with Gasteiger partial charge in [-0.25, -0.2) is 4.39 Å². The Balaban J connectivity index is 2.07. The fourth-order valence-electron chi connectivity index (χ4n) is 1.93. The molecule has 2 aromatic rings. The minimum Gasteiger partial charge on any atom is -0.397 e. The van der Waals surface area contributed by atoms with E-state index < -0.39 is 0 Å². The van der Waals surface area contributed by atoms with Gasteiger partial charge in [0.25, 0.3) is 0 Å². The van der Waals surface area contributed by atoms with Gasteiger partial charge in [0.05, 0.1) is 14.9 Å². The summed E-state index contributed by atoms with van der Waals surface area (Å²) in [6.45, 7) is 4.97. The molecule has 0 aliphatic rings. The molecule has 0 spiro atoms. The van der Waals surface area contributed by atoms with Crippen LogP contribution in [0.4, 0.5) is 15.8 Å². The van der Waals surface area contributed by atoms with E-state index in [1.54, 1.807) is 6.07 Å². The van der Waals surface area contributed by atoms with Crippen LogP contribution in [0.2, 0.25) is 0 Å². The summed E-state index contributed by atoms with van der Waals surface area (Å²) in [5.74, 6) is 0.274. The molecule has 106 valence electrons. The molecule has 0 unspecified atom stereocenters. The van der Waals surface area contributed by atoms with E-state index in [0.717, 1.165) is 5.56 Å². The fourth-order valence-corrected chi connectivity index (χ4v) is 2.42. The molecular weight excluding hydrogens is 366 g/mol. The first kappa shape index (κ1) is 15.1. The highest BCUT2D eigenvalue weighted by molar-refractivity contribution is 14.1. The van der Waals surface area contributed by atoms with E-state index in [4.69, 9.17) is 5.73 Å². The maximum absolute atomic E-state index is 13.5. The predicted octanol–water partition coefficient (Wildman–Crippen LogP) is 4.75. The van der Waals surface area contributed by atoms with Gasteiger partial charge >= 0.3 is 0 Å². The number of nitrogens with one attached hydrogen (secondary N) is 1. The molecule has 2 rings (SSSR count). The molecule has 0 bridgehead atoms. The second-order valence-electron chi connectivity index (χ2n) is 5.10. The highest BCUT2D eigenvalue weighted by Gasteiger charge is 2.06. The van der Waals surface area contributed by atoms with Crippen molar-refractivity contribution in [2.45, 2.75) is 26.3 Å². The van der Waals surface area contributed by atoms with E-state index in [1.165, 1.54) is 11.6 Å². The second-order valence-corrected chi connectivity index (χ2v) is 6.27. The number of halogens is 2. The number of rotatable bonds is 4. The maximum atomic E-state index is 13.5. The Hall–Kier alpha value is -1.30. The van der Waals surface area contributed by atoms with Crippen molar-refractivity contribution in [3.05, 3.63) is 56.9 Å². The summed E-state index contributed by atoms with van der Waals surface area (Å²) >= 11 is 1.93. The molecule has 0 radical (unpaired) electrons. The molecule has 2 aromatic carbocycles. The van der Waals surface area contributed by atoms with Gasteiger partial charge in [-0.15, -0.1) is 0 Å². The van der Waals surface area contributed by atoms with Crippen molar-refractivity contribution < 1.29 is 4.39 Å². The lowest BCUT2D eigenvalue weighted by atomic mass is 10.0. The fraction of sp³-hybridized carbons (Fsp3) is 0.250. The van der Waals surface area contributed by atoms with E-state index in [-0.39, 0.29) is 5.82 Å². The Bertz CT molecular complexity index is 594. The van der Waals surface area contributed by atoms with Crippen LogP contribution in [0.15, 0.2) is 36.4 Å². The Labute approximate surface area is 132 Å². The lowest BCUT2D eigenvalue weighted by molar-refractivity contribution is 0.621. The van der Waals surface area contributed by atoms with E-state index in [1.807, 2.05) is 22.6 Å². The monoisotopic (exact) mass is 384 g/mol. The zero-order valence-electron chi connectivity index (χ0n) is 11.6. The van der Waals surface area contributed by atoms with Crippen LogP contribution >= 0.6 is 22.6 Å². The van der Waals surface area contributed by atoms with Crippen LogP contribution in [0.25, 0.3) is 0 Å². The quantitative estimate of drug-likeness (QED) is 0.590. The minimum absolute atomic E-state index is 0.252. The van der Waals surface area contributed by atoms with Gasteiger partial charge in [0.1, 0.15) is 5.82 Å². The first-order valence-corrected chi connectivity index (χ1v) is 7.62. The molecule has 0 aromatic heterocycles. The standard InChI is InChI=1S/C16H18FIN2/c1-10(2)12-5-3-11(4-6-12)9-20-16-7-13(17)14(18)8-15(16)19/h3-8,10,20H,9,19H2,1-2H3. The molecule has 20 heavy (non-hydrogen) atoms. The molecule has 0 heterocycles. The van der Waals surface area contributed by atoms with Gasteiger partial charge in [-0.1, -0.05) is 38.1 Å². The first-order chi connectivity index (χ1) is 9.47. The lowest BCUT2D eigenvalue weighted by Gasteiger charge is -2.11. The van der Waals surface area contributed by atoms with E-state index in [2.05, 4.69) is 43.4 Å². The summed E-state index contributed by atoms with van der Waals surface area (Å²) in [6, 6.07) is 11.5. The molecule has 0 atom stereocenters. The van der Waals surface area contributed by atoms with Crippen LogP contribution in [0.5, 0.6) is 0 Å². The summed E-state index contributed by atoms with van der Waals surface area (Å²) < 4.78 is 14.1.